The summed E-state index contributed by atoms with van der Waals surface area (Å²) in [6, 6.07) is 9.47. The van der Waals surface area contributed by atoms with Crippen LogP contribution in [0.3, 0.4) is 0 Å². The SMILES string of the molecule is C[C@H](Cn1cc(Cl)cn1)c1cc(=O)[nH]c(N[C@@H]2CCOc3ccccc32)n1. The second-order valence-corrected chi connectivity index (χ2v) is 7.11. The van der Waals surface area contributed by atoms with Gasteiger partial charge in [-0.3, -0.25) is 14.5 Å². The van der Waals surface area contributed by atoms with E-state index >= 15 is 0 Å². The van der Waals surface area contributed by atoms with Crippen LogP contribution in [0.4, 0.5) is 5.95 Å². The monoisotopic (exact) mass is 385 g/mol. The maximum atomic E-state index is 12.2. The fourth-order valence-corrected chi connectivity index (χ4v) is 3.42. The maximum Gasteiger partial charge on any atom is 0.252 e. The summed E-state index contributed by atoms with van der Waals surface area (Å²) in [5, 5.41) is 8.12. The summed E-state index contributed by atoms with van der Waals surface area (Å²) in [6.07, 6.45) is 4.14. The topological polar surface area (TPSA) is 84.8 Å². The van der Waals surface area contributed by atoms with Crippen LogP contribution in [0.5, 0.6) is 5.75 Å². The molecule has 0 fully saturated rings. The first kappa shape index (κ1) is 17.6. The van der Waals surface area contributed by atoms with Gasteiger partial charge in [-0.05, 0) is 6.07 Å². The number of benzene rings is 1. The highest BCUT2D eigenvalue weighted by Gasteiger charge is 2.22. The molecule has 3 aromatic rings. The Labute approximate surface area is 161 Å². The highest BCUT2D eigenvalue weighted by molar-refractivity contribution is 6.30. The van der Waals surface area contributed by atoms with Crippen LogP contribution in [0.25, 0.3) is 0 Å². The van der Waals surface area contributed by atoms with Crippen molar-refractivity contribution in [3.8, 4) is 5.75 Å². The molecule has 0 bridgehead atoms. The van der Waals surface area contributed by atoms with Crippen molar-refractivity contribution in [2.24, 2.45) is 0 Å². The molecule has 7 nitrogen and oxygen atoms in total. The summed E-state index contributed by atoms with van der Waals surface area (Å²) >= 11 is 5.92. The van der Waals surface area contributed by atoms with E-state index in [4.69, 9.17) is 16.3 Å². The van der Waals surface area contributed by atoms with Crippen molar-refractivity contribution in [3.63, 3.8) is 0 Å². The lowest BCUT2D eigenvalue weighted by Crippen LogP contribution is -2.23. The minimum atomic E-state index is -0.187. The van der Waals surface area contributed by atoms with E-state index in [2.05, 4.69) is 20.4 Å². The first-order valence-corrected chi connectivity index (χ1v) is 9.24. The Morgan fingerprint density at radius 3 is 3.11 bits per heavy atom. The Bertz CT molecular complexity index is 1000. The van der Waals surface area contributed by atoms with Gasteiger partial charge in [0.25, 0.3) is 5.56 Å². The Hall–Kier alpha value is -2.80. The van der Waals surface area contributed by atoms with Crippen molar-refractivity contribution in [3.05, 3.63) is 69.4 Å². The Balaban J connectivity index is 1.55. The molecular weight excluding hydrogens is 366 g/mol. The molecule has 3 heterocycles. The van der Waals surface area contributed by atoms with Crippen molar-refractivity contribution in [1.82, 2.24) is 19.7 Å². The summed E-state index contributed by atoms with van der Waals surface area (Å²) in [5.74, 6) is 1.33. The number of nitrogens with one attached hydrogen (secondary N) is 2. The number of anilines is 1. The van der Waals surface area contributed by atoms with E-state index in [9.17, 15) is 4.79 Å². The number of hydrogen-bond acceptors (Lipinski definition) is 5. The second kappa shape index (κ2) is 7.44. The van der Waals surface area contributed by atoms with Gasteiger partial charge in [0.1, 0.15) is 5.75 Å². The number of nitrogens with zero attached hydrogens (tertiary/aromatic N) is 3. The number of aromatic amines is 1. The van der Waals surface area contributed by atoms with E-state index in [1.807, 2.05) is 31.2 Å². The van der Waals surface area contributed by atoms with Gasteiger partial charge in [0.15, 0.2) is 0 Å². The number of ether oxygens (including phenoxy) is 1. The molecule has 0 aliphatic carbocycles. The summed E-state index contributed by atoms with van der Waals surface area (Å²) < 4.78 is 7.44. The fourth-order valence-electron chi connectivity index (χ4n) is 3.27. The molecule has 2 atom stereocenters. The molecule has 0 radical (unpaired) electrons. The van der Waals surface area contributed by atoms with Gasteiger partial charge in [-0.2, -0.15) is 5.10 Å². The molecule has 0 spiro atoms. The van der Waals surface area contributed by atoms with Crippen molar-refractivity contribution in [2.45, 2.75) is 31.8 Å². The normalized spacial score (nSPS) is 17.0. The number of halogens is 1. The van der Waals surface area contributed by atoms with Crippen LogP contribution in [-0.2, 0) is 6.54 Å². The van der Waals surface area contributed by atoms with Gasteiger partial charge in [-0.15, -0.1) is 0 Å². The summed E-state index contributed by atoms with van der Waals surface area (Å²) in [6.45, 7) is 3.21. The van der Waals surface area contributed by atoms with Gasteiger partial charge in [0.2, 0.25) is 5.95 Å². The van der Waals surface area contributed by atoms with Crippen LogP contribution < -0.4 is 15.6 Å². The molecule has 27 heavy (non-hydrogen) atoms. The van der Waals surface area contributed by atoms with E-state index < -0.39 is 0 Å². The zero-order chi connectivity index (χ0) is 18.8. The molecule has 0 unspecified atom stereocenters. The standard InChI is InChI=1S/C19H20ClN5O2/c1-12(10-25-11-13(20)9-21-25)16-8-18(26)24-19(23-16)22-15-6-7-27-17-5-3-2-4-14(15)17/h2-5,8-9,11-12,15H,6-7,10H2,1H3,(H2,22,23,24,26)/t12-,15-/m1/s1. The highest BCUT2D eigenvalue weighted by atomic mass is 35.5. The van der Waals surface area contributed by atoms with E-state index in [1.165, 1.54) is 6.07 Å². The van der Waals surface area contributed by atoms with Gasteiger partial charge < -0.3 is 10.1 Å². The lowest BCUT2D eigenvalue weighted by atomic mass is 10.0. The van der Waals surface area contributed by atoms with E-state index in [1.54, 1.807) is 17.1 Å². The molecule has 8 heteroatoms. The third kappa shape index (κ3) is 3.98. The maximum absolute atomic E-state index is 12.2. The first-order valence-electron chi connectivity index (χ1n) is 8.86. The van der Waals surface area contributed by atoms with E-state index in [-0.39, 0.29) is 17.5 Å². The smallest absolute Gasteiger partial charge is 0.252 e. The minimum Gasteiger partial charge on any atom is -0.493 e. The molecule has 2 N–H and O–H groups in total. The lowest BCUT2D eigenvalue weighted by Gasteiger charge is -2.27. The van der Waals surface area contributed by atoms with Crippen LogP contribution in [0.2, 0.25) is 5.02 Å². The molecule has 0 saturated heterocycles. The number of aromatic nitrogens is 4. The Morgan fingerprint density at radius 2 is 2.30 bits per heavy atom. The van der Waals surface area contributed by atoms with Crippen LogP contribution in [0, 0.1) is 0 Å². The van der Waals surface area contributed by atoms with Crippen LogP contribution in [0.15, 0.2) is 47.5 Å². The van der Waals surface area contributed by atoms with E-state index in [0.29, 0.717) is 29.8 Å². The molecule has 0 saturated carbocycles. The average Bonchev–Trinajstić information content (AvgIpc) is 3.06. The van der Waals surface area contributed by atoms with Gasteiger partial charge in [0, 0.05) is 36.7 Å². The molecular formula is C19H20ClN5O2. The zero-order valence-corrected chi connectivity index (χ0v) is 15.6. The van der Waals surface area contributed by atoms with Crippen LogP contribution in [0.1, 0.15) is 36.6 Å². The summed E-state index contributed by atoms with van der Waals surface area (Å²) in [7, 11) is 0. The lowest BCUT2D eigenvalue weighted by molar-refractivity contribution is 0.274. The van der Waals surface area contributed by atoms with Crippen molar-refractivity contribution < 1.29 is 4.74 Å². The first-order chi connectivity index (χ1) is 13.1. The van der Waals surface area contributed by atoms with E-state index in [0.717, 1.165) is 17.7 Å². The average molecular weight is 386 g/mol. The van der Waals surface area contributed by atoms with Gasteiger partial charge in [0.05, 0.1) is 29.6 Å². The molecule has 2 aromatic heterocycles. The fraction of sp³-hybridized carbons (Fsp3) is 0.316. The number of hydrogen-bond donors (Lipinski definition) is 2. The van der Waals surface area contributed by atoms with Crippen molar-refractivity contribution in [1.29, 1.82) is 0 Å². The summed E-state index contributed by atoms with van der Waals surface area (Å²) in [5.41, 5.74) is 1.58. The Kier molecular flexibility index (Phi) is 4.85. The second-order valence-electron chi connectivity index (χ2n) is 6.67. The largest absolute Gasteiger partial charge is 0.493 e. The molecule has 1 aliphatic rings. The van der Waals surface area contributed by atoms with Gasteiger partial charge >= 0.3 is 0 Å². The number of fused-ring (bicyclic) bond motifs is 1. The van der Waals surface area contributed by atoms with Crippen LogP contribution >= 0.6 is 11.6 Å². The summed E-state index contributed by atoms with van der Waals surface area (Å²) in [4.78, 5) is 19.6. The quantitative estimate of drug-likeness (QED) is 0.703. The third-order valence-corrected chi connectivity index (χ3v) is 4.79. The molecule has 1 aliphatic heterocycles. The molecule has 140 valence electrons. The molecule has 0 amide bonds. The number of rotatable bonds is 5. The van der Waals surface area contributed by atoms with Gasteiger partial charge in [-0.1, -0.05) is 36.7 Å². The molecule has 4 rings (SSSR count). The number of para-hydroxylation sites is 1. The predicted molar refractivity (Wildman–Crippen MR) is 103 cm³/mol. The Morgan fingerprint density at radius 1 is 1.44 bits per heavy atom. The van der Waals surface area contributed by atoms with Crippen molar-refractivity contribution >= 4 is 17.5 Å². The zero-order valence-electron chi connectivity index (χ0n) is 14.9. The van der Waals surface area contributed by atoms with Gasteiger partial charge in [-0.25, -0.2) is 4.98 Å². The number of H-pyrrole nitrogens is 1. The minimum absolute atomic E-state index is 0.00536. The predicted octanol–water partition coefficient (Wildman–Crippen LogP) is 3.36. The highest BCUT2D eigenvalue weighted by Crippen LogP contribution is 2.33. The van der Waals surface area contributed by atoms with Crippen LogP contribution in [-0.4, -0.2) is 26.4 Å². The third-order valence-electron chi connectivity index (χ3n) is 4.60. The van der Waals surface area contributed by atoms with Crippen molar-refractivity contribution in [2.75, 3.05) is 11.9 Å². The molecule has 1 aromatic carbocycles.